The van der Waals surface area contributed by atoms with Crippen LogP contribution in [0.25, 0.3) is 0 Å². The minimum Gasteiger partial charge on any atom is -1.00 e. The highest BCUT2D eigenvalue weighted by atomic mass is 35.5. The molecule has 0 fully saturated rings. The van der Waals surface area contributed by atoms with Gasteiger partial charge in [-0.25, -0.2) is 4.79 Å². The summed E-state index contributed by atoms with van der Waals surface area (Å²) in [6, 6.07) is 33.2. The molecule has 0 aromatic heterocycles. The first kappa shape index (κ1) is 67.6. The van der Waals surface area contributed by atoms with E-state index in [1.165, 1.54) is 72.2 Å². The van der Waals surface area contributed by atoms with Crippen LogP contribution in [0, 0.1) is 71.9 Å². The quantitative estimate of drug-likeness (QED) is 0.0785. The normalized spacial score (nSPS) is 12.0. The molecule has 0 aliphatic carbocycles. The number of fused-ring (bicyclic) bond motifs is 3. The number of aromatic carboxylic acids is 1. The van der Waals surface area contributed by atoms with Crippen LogP contribution in [0.2, 0.25) is 0 Å². The fraction of sp³-hybridized carbons (Fsp3) is 0.236. The smallest absolute Gasteiger partial charge is 0.373 e. The standard InChI is InChI=1S/C18H18N2O3.C9H8ClNO3.C9H9NO4.2C8H9N.3CO2.ClH/c1-11-8-15(17(20(22)23)9-12(11)2)18(21)19-13(3)10-14-6-4-5-7-16(14)19;1-5-3-7(9(10)12)8(11(13)14)4-6(5)2;1-5-3-7(9(11)12)8(10(13)14)4-6(5)2;2*1-2-4-8-7(3-1)5-6-9-8;3*2-1-3;/h4-9,13H,10H2,1-3H3;3-4H,1-2H3;3-4H,1-2H3,(H,11,12);2*1-4,9H,5-6H2;;;;1H/t13-;;;;;;;;/m1......../s1. The number of rotatable bonds is 6. The van der Waals surface area contributed by atoms with E-state index in [0.29, 0.717) is 5.56 Å². The third-order valence-corrected chi connectivity index (χ3v) is 12.3. The van der Waals surface area contributed by atoms with Gasteiger partial charge in [0.1, 0.15) is 22.4 Å². The van der Waals surface area contributed by atoms with Crippen molar-refractivity contribution in [3.8, 4) is 0 Å². The minimum atomic E-state index is -1.28. The second-order valence-corrected chi connectivity index (χ2v) is 17.4. The summed E-state index contributed by atoms with van der Waals surface area (Å²) in [7, 11) is 0. The molecule has 0 saturated carbocycles. The minimum absolute atomic E-state index is 0. The summed E-state index contributed by atoms with van der Waals surface area (Å²) in [5, 5.41) is 46.0. The number of nitrogens with zero attached hydrogens (tertiary/aromatic N) is 4. The van der Waals surface area contributed by atoms with E-state index in [0.717, 1.165) is 52.0 Å². The fourth-order valence-corrected chi connectivity index (χ4v) is 8.10. The Morgan fingerprint density at radius 3 is 1.44 bits per heavy atom. The van der Waals surface area contributed by atoms with Crippen LogP contribution in [0.3, 0.4) is 0 Å². The molecule has 24 heteroatoms. The van der Waals surface area contributed by atoms with Gasteiger partial charge in [0, 0.05) is 54.1 Å². The van der Waals surface area contributed by atoms with Crippen molar-refractivity contribution < 1.29 is 80.8 Å². The van der Waals surface area contributed by atoms with Crippen molar-refractivity contribution in [3.05, 3.63) is 206 Å². The number of hydrogen-bond donors (Lipinski definition) is 3. The van der Waals surface area contributed by atoms with E-state index in [9.17, 15) is 44.7 Å². The third-order valence-electron chi connectivity index (χ3n) is 12.1. The number of quaternary nitrogens is 1. The fourth-order valence-electron chi connectivity index (χ4n) is 7.95. The lowest BCUT2D eigenvalue weighted by Crippen LogP contribution is -3.00. The van der Waals surface area contributed by atoms with E-state index < -0.39 is 26.0 Å². The Morgan fingerprint density at radius 1 is 0.595 bits per heavy atom. The van der Waals surface area contributed by atoms with E-state index in [-0.39, 0.29) is 76.6 Å². The van der Waals surface area contributed by atoms with E-state index in [4.69, 9.17) is 45.5 Å². The number of halogens is 2. The SMILES string of the molecule is Cc1cc(C(=O)Cl)c([N+](=O)[O-])cc1C.Cc1cc(C(=O)N2c3ccccc3C[C@H]2C)c([N+](=O)[O-])cc1C.Cc1cc(C(=O)O)c([N+](=O)[O-])cc1C.O=C=O.O=C=O.O=C=O.[Cl-].c1ccc2c(c1)CCN2.c1ccc2c(c1)CC[NH2+]2. The van der Waals surface area contributed by atoms with Crippen LogP contribution >= 0.6 is 11.6 Å². The van der Waals surface area contributed by atoms with Crippen molar-refractivity contribution in [2.45, 2.75) is 73.8 Å². The van der Waals surface area contributed by atoms with Gasteiger partial charge in [-0.1, -0.05) is 54.6 Å². The van der Waals surface area contributed by atoms with Gasteiger partial charge < -0.3 is 33.0 Å². The molecule has 6 aromatic carbocycles. The number of nitrogens with one attached hydrogen (secondary N) is 1. The van der Waals surface area contributed by atoms with Crippen LogP contribution < -0.4 is 27.9 Å². The molecular weight excluding hydrogens is 1070 g/mol. The Labute approximate surface area is 463 Å². The molecule has 1 amide bonds. The van der Waals surface area contributed by atoms with Crippen LogP contribution in [0.4, 0.5) is 34.1 Å². The van der Waals surface area contributed by atoms with Gasteiger partial charge in [-0.05, 0) is 154 Å². The predicted octanol–water partition coefficient (Wildman–Crippen LogP) is 5.65. The van der Waals surface area contributed by atoms with Gasteiger partial charge >= 0.3 is 24.4 Å². The zero-order chi connectivity index (χ0) is 58.8. The number of nitro benzene ring substituents is 3. The lowest BCUT2D eigenvalue weighted by Gasteiger charge is -2.23. The number of nitrogens with two attached hydrogens (primary N) is 1. The van der Waals surface area contributed by atoms with E-state index in [1.807, 2.05) is 45.0 Å². The molecular formula is C55H54Cl2N6O16. The van der Waals surface area contributed by atoms with Gasteiger partial charge in [0.15, 0.2) is 0 Å². The molecule has 79 heavy (non-hydrogen) atoms. The molecule has 3 heterocycles. The largest absolute Gasteiger partial charge is 1.00 e. The first-order valence-electron chi connectivity index (χ1n) is 23.3. The molecule has 3 aliphatic heterocycles. The summed E-state index contributed by atoms with van der Waals surface area (Å²) in [5.74, 6) is -1.59. The van der Waals surface area contributed by atoms with Gasteiger partial charge in [0.25, 0.3) is 28.2 Å². The molecule has 1 atom stereocenters. The molecule has 0 radical (unpaired) electrons. The molecule has 6 aromatic rings. The van der Waals surface area contributed by atoms with Crippen LogP contribution in [-0.2, 0) is 48.0 Å². The first-order valence-corrected chi connectivity index (χ1v) is 23.6. The Kier molecular flexibility index (Phi) is 28.8. The summed E-state index contributed by atoms with van der Waals surface area (Å²) >= 11 is 5.23. The van der Waals surface area contributed by atoms with Gasteiger partial charge in [-0.15, -0.1) is 0 Å². The van der Waals surface area contributed by atoms with Crippen molar-refractivity contribution >= 4 is 81.3 Å². The van der Waals surface area contributed by atoms with Crippen molar-refractivity contribution in [2.75, 3.05) is 23.3 Å². The highest BCUT2D eigenvalue weighted by Crippen LogP contribution is 2.35. The van der Waals surface area contributed by atoms with Gasteiger partial charge in [0.05, 0.1) is 21.3 Å². The van der Waals surface area contributed by atoms with Crippen LogP contribution in [0.15, 0.2) is 109 Å². The van der Waals surface area contributed by atoms with Crippen molar-refractivity contribution in [1.29, 1.82) is 0 Å². The van der Waals surface area contributed by atoms with Crippen molar-refractivity contribution in [1.82, 2.24) is 0 Å². The molecule has 0 saturated heterocycles. The predicted molar refractivity (Wildman–Crippen MR) is 282 cm³/mol. The van der Waals surface area contributed by atoms with Crippen LogP contribution in [0.5, 0.6) is 0 Å². The van der Waals surface area contributed by atoms with Gasteiger partial charge in [0.2, 0.25) is 0 Å². The summed E-state index contributed by atoms with van der Waals surface area (Å²) in [6.07, 6.45) is 3.95. The number of carboxylic acid groups (broad SMARTS) is 1. The molecule has 0 spiro atoms. The zero-order valence-electron chi connectivity index (χ0n) is 43.7. The van der Waals surface area contributed by atoms with Crippen LogP contribution in [-0.4, -0.2) is 74.6 Å². The van der Waals surface area contributed by atoms with E-state index >= 15 is 0 Å². The number of amides is 1. The monoisotopic (exact) mass is 1120 g/mol. The second-order valence-electron chi connectivity index (χ2n) is 17.1. The average molecular weight is 1130 g/mol. The number of aryl methyl sites for hydroxylation is 6. The zero-order valence-corrected chi connectivity index (χ0v) is 45.2. The summed E-state index contributed by atoms with van der Waals surface area (Å²) < 4.78 is 0. The van der Waals surface area contributed by atoms with Crippen LogP contribution in [0.1, 0.15) is 88.1 Å². The number of anilines is 2. The first-order chi connectivity index (χ1) is 36.9. The molecule has 4 N–H and O–H groups in total. The van der Waals surface area contributed by atoms with E-state index in [1.54, 1.807) is 38.7 Å². The number of carboxylic acids is 1. The Morgan fingerprint density at radius 2 is 0.987 bits per heavy atom. The Balaban J connectivity index is 0.000000491. The Bertz CT molecular complexity index is 3000. The highest BCUT2D eigenvalue weighted by Gasteiger charge is 2.34. The highest BCUT2D eigenvalue weighted by molar-refractivity contribution is 6.68. The number of carbonyl (C=O) groups is 3. The van der Waals surface area contributed by atoms with Crippen molar-refractivity contribution in [2.24, 2.45) is 0 Å². The maximum atomic E-state index is 13.0. The molecule has 0 unspecified atom stereocenters. The number of para-hydroxylation sites is 3. The summed E-state index contributed by atoms with van der Waals surface area (Å²) in [6.45, 7) is 14.9. The lowest BCUT2D eigenvalue weighted by molar-refractivity contribution is -0.561. The average Bonchev–Trinajstić information content (AvgIpc) is 4.18. The summed E-state index contributed by atoms with van der Waals surface area (Å²) in [5.41, 5.74) is 11.5. The Hall–Kier alpha value is -9.39. The summed E-state index contributed by atoms with van der Waals surface area (Å²) in [4.78, 5) is 116. The second kappa shape index (κ2) is 33.6. The maximum Gasteiger partial charge on any atom is 0.373 e. The topological polar surface area (TPSA) is 335 Å². The maximum absolute atomic E-state index is 13.0. The lowest BCUT2D eigenvalue weighted by atomic mass is 10.0. The molecule has 22 nitrogen and oxygen atoms in total. The number of carbonyl (C=O) groups excluding carboxylic acids is 8. The number of nitro groups is 3. The van der Waals surface area contributed by atoms with Crippen molar-refractivity contribution in [3.63, 3.8) is 0 Å². The number of hydrogen-bond acceptors (Lipinski definition) is 16. The van der Waals surface area contributed by atoms with Gasteiger partial charge in [-0.3, -0.25) is 39.9 Å². The van der Waals surface area contributed by atoms with E-state index in [2.05, 4.69) is 59.2 Å². The molecule has 9 rings (SSSR count). The molecule has 3 aliphatic rings. The molecule has 0 bridgehead atoms. The third kappa shape index (κ3) is 19.9. The number of benzene rings is 6. The van der Waals surface area contributed by atoms with Gasteiger partial charge in [-0.2, -0.15) is 28.8 Å². The molecule has 414 valence electrons.